The molecule has 3 aliphatic rings. The summed E-state index contributed by atoms with van der Waals surface area (Å²) in [6.45, 7) is 11.4. The van der Waals surface area contributed by atoms with Gasteiger partial charge in [0.2, 0.25) is 18.5 Å². The summed E-state index contributed by atoms with van der Waals surface area (Å²) >= 11 is 0. The van der Waals surface area contributed by atoms with Gasteiger partial charge in [-0.3, -0.25) is 10.5 Å². The molecule has 16 heteroatoms. The summed E-state index contributed by atoms with van der Waals surface area (Å²) in [4.78, 5) is 33.7. The fraction of sp³-hybridized carbons (Fsp3) is 0.714. The van der Waals surface area contributed by atoms with E-state index in [2.05, 4.69) is 10.9 Å². The van der Waals surface area contributed by atoms with Gasteiger partial charge in [-0.25, -0.2) is 15.1 Å². The van der Waals surface area contributed by atoms with Crippen LogP contribution in [-0.4, -0.2) is 106 Å². The van der Waals surface area contributed by atoms with E-state index in [9.17, 15) is 22.8 Å². The van der Waals surface area contributed by atoms with Crippen LogP contribution in [0.3, 0.4) is 0 Å². The third-order valence-electron chi connectivity index (χ3n) is 7.85. The normalized spacial score (nSPS) is 28.1. The smallest absolute Gasteiger partial charge is 0.494 e. The fourth-order valence-electron chi connectivity index (χ4n) is 5.82. The number of methoxy groups -OCH3 is 1. The number of halogens is 3. The molecule has 4 rings (SSSR count). The van der Waals surface area contributed by atoms with E-state index in [1.807, 2.05) is 25.7 Å². The molecular weight excluding hydrogens is 589 g/mol. The lowest BCUT2D eigenvalue weighted by atomic mass is 9.84. The largest absolute Gasteiger partial charge is 0.497 e. The molecule has 0 bridgehead atoms. The van der Waals surface area contributed by atoms with Crippen LogP contribution in [0.25, 0.3) is 0 Å². The molecule has 248 valence electrons. The second-order valence-electron chi connectivity index (χ2n) is 11.9. The number of morpholine rings is 1. The number of quaternary nitrogens is 1. The van der Waals surface area contributed by atoms with Crippen LogP contribution < -0.4 is 26.2 Å². The van der Waals surface area contributed by atoms with Crippen LogP contribution in [0.4, 0.5) is 18.9 Å². The number of ether oxygens (including phenoxy) is 4. The Bertz CT molecular complexity index is 1190. The van der Waals surface area contributed by atoms with Gasteiger partial charge in [0.05, 0.1) is 32.4 Å². The van der Waals surface area contributed by atoms with Crippen molar-refractivity contribution >= 4 is 17.4 Å². The average molecular weight is 634 g/mol. The number of benzene rings is 1. The van der Waals surface area contributed by atoms with Crippen molar-refractivity contribution in [2.45, 2.75) is 77.4 Å². The zero-order valence-corrected chi connectivity index (χ0v) is 26.0. The fourth-order valence-corrected chi connectivity index (χ4v) is 5.82. The van der Waals surface area contributed by atoms with Gasteiger partial charge < -0.3 is 23.8 Å². The second-order valence-corrected chi connectivity index (χ2v) is 11.9. The van der Waals surface area contributed by atoms with E-state index >= 15 is 0 Å². The summed E-state index contributed by atoms with van der Waals surface area (Å²) in [5.74, 6) is -2.45. The SMILES string of the molecule is CCOC1CC2N(NC1OCC)C(N)N[N+]2(CC(=O)c1cc(N2CCOCC2)c(OC)c(C(C)(C)C)c1)OC(=O)C(F)(F)F. The first kappa shape index (κ1) is 34.3. The van der Waals surface area contributed by atoms with E-state index in [0.29, 0.717) is 44.3 Å². The van der Waals surface area contributed by atoms with E-state index in [1.54, 1.807) is 33.1 Å². The number of nitrogens with one attached hydrogen (secondary N) is 2. The summed E-state index contributed by atoms with van der Waals surface area (Å²) in [5, 5.41) is 1.40. The number of hydrogen-bond acceptors (Lipinski definition) is 12. The highest BCUT2D eigenvalue weighted by atomic mass is 19.4. The average Bonchev–Trinajstić information content (AvgIpc) is 3.21. The molecule has 3 aliphatic heterocycles. The van der Waals surface area contributed by atoms with Crippen molar-refractivity contribution in [1.29, 1.82) is 0 Å². The first-order valence-corrected chi connectivity index (χ1v) is 14.7. The van der Waals surface area contributed by atoms with Gasteiger partial charge in [0.15, 0.2) is 6.29 Å². The highest BCUT2D eigenvalue weighted by Gasteiger charge is 2.63. The first-order valence-electron chi connectivity index (χ1n) is 14.7. The number of carbonyl (C=O) groups excluding carboxylic acids is 2. The number of fused-ring (bicyclic) bond motifs is 1. The molecular formula is C28H44F3N6O7+. The third-order valence-corrected chi connectivity index (χ3v) is 7.85. The number of nitrogens with two attached hydrogens (primary N) is 1. The zero-order valence-electron chi connectivity index (χ0n) is 26.0. The number of alkyl halides is 3. The summed E-state index contributed by atoms with van der Waals surface area (Å²) in [5.41, 5.74) is 13.2. The van der Waals surface area contributed by atoms with Crippen molar-refractivity contribution in [3.8, 4) is 5.75 Å². The molecule has 3 fully saturated rings. The maximum absolute atomic E-state index is 14.2. The number of rotatable bonds is 10. The van der Waals surface area contributed by atoms with Crippen LogP contribution in [0.1, 0.15) is 57.0 Å². The summed E-state index contributed by atoms with van der Waals surface area (Å²) in [7, 11) is 1.55. The second kappa shape index (κ2) is 13.4. The van der Waals surface area contributed by atoms with Crippen molar-refractivity contribution in [2.24, 2.45) is 5.73 Å². The molecule has 0 saturated carbocycles. The summed E-state index contributed by atoms with van der Waals surface area (Å²) in [6, 6.07) is 3.33. The molecule has 1 aromatic rings. The Balaban J connectivity index is 1.78. The Labute approximate surface area is 255 Å². The van der Waals surface area contributed by atoms with Gasteiger partial charge in [-0.1, -0.05) is 26.2 Å². The van der Waals surface area contributed by atoms with Gasteiger partial charge in [-0.15, -0.1) is 5.01 Å². The number of carbonyl (C=O) groups is 2. The van der Waals surface area contributed by atoms with Crippen LogP contribution in [0.2, 0.25) is 0 Å². The van der Waals surface area contributed by atoms with Gasteiger partial charge in [0.1, 0.15) is 18.1 Å². The number of hydroxylamine groups is 2. The van der Waals surface area contributed by atoms with Crippen LogP contribution >= 0.6 is 0 Å². The Morgan fingerprint density at radius 2 is 1.77 bits per heavy atom. The number of anilines is 1. The zero-order chi connectivity index (χ0) is 32.4. The van der Waals surface area contributed by atoms with Crippen molar-refractivity contribution in [1.82, 2.24) is 15.9 Å². The van der Waals surface area contributed by atoms with E-state index in [0.717, 1.165) is 5.56 Å². The predicted molar refractivity (Wildman–Crippen MR) is 152 cm³/mol. The topological polar surface area (TPSA) is 137 Å². The van der Waals surface area contributed by atoms with Crippen LogP contribution in [-0.2, 0) is 29.3 Å². The molecule has 1 aromatic carbocycles. The minimum atomic E-state index is -5.33. The predicted octanol–water partition coefficient (Wildman–Crippen LogP) is 1.91. The monoisotopic (exact) mass is 633 g/mol. The first-order chi connectivity index (χ1) is 20.6. The standard InChI is InChI=1S/C28H44F3N6O7/c1-7-42-21-15-22-36(33-24(21)43-8-2)26(32)34-37(22,44-25(39)28(29,30)31)16-20(38)17-13-18(27(3,4)5)23(40-6)19(14-17)35-9-11-41-12-10-35/h13-14,21-22,24,26,33-34H,7-12,15-16,32H2,1-6H3/q+1. The minimum Gasteiger partial charge on any atom is -0.494 e. The molecule has 13 nitrogen and oxygen atoms in total. The van der Waals surface area contributed by atoms with Crippen LogP contribution in [0.15, 0.2) is 12.1 Å². The maximum Gasteiger partial charge on any atom is 0.497 e. The van der Waals surface area contributed by atoms with Gasteiger partial charge in [0.25, 0.3) is 0 Å². The molecule has 5 unspecified atom stereocenters. The van der Waals surface area contributed by atoms with E-state index in [1.165, 1.54) is 5.01 Å². The van der Waals surface area contributed by atoms with Crippen LogP contribution in [0, 0.1) is 0 Å². The molecule has 0 aliphatic carbocycles. The lowest BCUT2D eigenvalue weighted by molar-refractivity contribution is -1.13. The quantitative estimate of drug-likeness (QED) is 0.257. The molecule has 4 N–H and O–H groups in total. The molecule has 0 amide bonds. The lowest BCUT2D eigenvalue weighted by Crippen LogP contribution is -2.69. The van der Waals surface area contributed by atoms with Gasteiger partial charge in [-0.05, 0) is 36.2 Å². The van der Waals surface area contributed by atoms with Crippen molar-refractivity contribution < 1.29 is 51.3 Å². The molecule has 0 spiro atoms. The number of nitrogens with zero attached hydrogens (tertiary/aromatic N) is 3. The Morgan fingerprint density at radius 1 is 1.11 bits per heavy atom. The Hall–Kier alpha value is -2.57. The van der Waals surface area contributed by atoms with Crippen LogP contribution in [0.5, 0.6) is 5.75 Å². The third kappa shape index (κ3) is 7.12. The van der Waals surface area contributed by atoms with Crippen molar-refractivity contribution in [3.05, 3.63) is 23.3 Å². The van der Waals surface area contributed by atoms with Crippen molar-refractivity contribution in [2.75, 3.05) is 58.1 Å². The highest BCUT2D eigenvalue weighted by molar-refractivity contribution is 5.99. The number of ketones is 1. The number of hydrazine groups is 1. The number of Topliss-reactive ketones (excluding diaryl/α,β-unsaturated/α-hetero) is 1. The number of hydrogen-bond donors (Lipinski definition) is 3. The molecule has 44 heavy (non-hydrogen) atoms. The molecule has 3 saturated heterocycles. The Morgan fingerprint density at radius 3 is 2.34 bits per heavy atom. The van der Waals surface area contributed by atoms with Gasteiger partial charge in [0, 0.05) is 37.4 Å². The van der Waals surface area contributed by atoms with Gasteiger partial charge >= 0.3 is 12.1 Å². The maximum atomic E-state index is 14.2. The van der Waals surface area contributed by atoms with E-state index in [-0.39, 0.29) is 18.6 Å². The molecule has 3 heterocycles. The lowest BCUT2D eigenvalue weighted by Gasteiger charge is -2.42. The summed E-state index contributed by atoms with van der Waals surface area (Å²) in [6.07, 6.45) is -8.85. The van der Waals surface area contributed by atoms with Gasteiger partial charge in [-0.2, -0.15) is 13.2 Å². The Kier molecular flexibility index (Phi) is 10.5. The molecule has 5 atom stereocenters. The molecule has 0 aromatic heterocycles. The summed E-state index contributed by atoms with van der Waals surface area (Å²) < 4.78 is 62.5. The molecule has 0 radical (unpaired) electrons. The van der Waals surface area contributed by atoms with Crippen molar-refractivity contribution in [3.63, 3.8) is 0 Å². The van der Waals surface area contributed by atoms with E-state index in [4.69, 9.17) is 29.5 Å². The highest BCUT2D eigenvalue weighted by Crippen LogP contribution is 2.41. The van der Waals surface area contributed by atoms with E-state index < -0.39 is 59.4 Å². The minimum absolute atomic E-state index is 0.0273.